The highest BCUT2D eigenvalue weighted by molar-refractivity contribution is 5.73. The Labute approximate surface area is 160 Å². The Morgan fingerprint density at radius 2 is 1.74 bits per heavy atom. The van der Waals surface area contributed by atoms with Gasteiger partial charge in [-0.3, -0.25) is 4.79 Å². The molecule has 144 valence electrons. The fourth-order valence-electron chi connectivity index (χ4n) is 3.41. The summed E-state index contributed by atoms with van der Waals surface area (Å²) >= 11 is 0. The van der Waals surface area contributed by atoms with Crippen molar-refractivity contribution in [3.05, 3.63) is 60.2 Å². The van der Waals surface area contributed by atoms with E-state index in [0.29, 0.717) is 18.9 Å². The van der Waals surface area contributed by atoms with Gasteiger partial charge in [0.1, 0.15) is 30.8 Å². The zero-order valence-corrected chi connectivity index (χ0v) is 15.7. The van der Waals surface area contributed by atoms with E-state index in [0.717, 1.165) is 30.6 Å². The molecule has 1 fully saturated rings. The molecule has 1 aliphatic heterocycles. The maximum Gasteiger partial charge on any atom is 0.219 e. The van der Waals surface area contributed by atoms with Gasteiger partial charge in [-0.2, -0.15) is 0 Å². The van der Waals surface area contributed by atoms with Crippen molar-refractivity contribution in [3.8, 4) is 11.5 Å². The first-order valence-corrected chi connectivity index (χ1v) is 9.48. The molecule has 0 saturated carbocycles. The van der Waals surface area contributed by atoms with E-state index < -0.39 is 6.10 Å². The smallest absolute Gasteiger partial charge is 0.219 e. The van der Waals surface area contributed by atoms with Gasteiger partial charge in [-0.15, -0.1) is 0 Å². The SMILES string of the molecule is CC(=O)N1CCCC[C@@H]1[C@H](O)COc1ccc(OCc2ccccc2)cc1. The summed E-state index contributed by atoms with van der Waals surface area (Å²) in [6.45, 7) is 2.95. The van der Waals surface area contributed by atoms with Gasteiger partial charge >= 0.3 is 0 Å². The molecular weight excluding hydrogens is 342 g/mol. The van der Waals surface area contributed by atoms with E-state index in [1.807, 2.05) is 54.6 Å². The number of aliphatic hydroxyl groups excluding tert-OH is 1. The fraction of sp³-hybridized carbons (Fsp3) is 0.409. The van der Waals surface area contributed by atoms with Crippen molar-refractivity contribution < 1.29 is 19.4 Å². The summed E-state index contributed by atoms with van der Waals surface area (Å²) in [5.41, 5.74) is 1.11. The molecule has 2 aromatic rings. The van der Waals surface area contributed by atoms with Crippen LogP contribution in [0.4, 0.5) is 0 Å². The summed E-state index contributed by atoms with van der Waals surface area (Å²) < 4.78 is 11.5. The van der Waals surface area contributed by atoms with Gasteiger partial charge < -0.3 is 19.5 Å². The molecule has 0 unspecified atom stereocenters. The average molecular weight is 369 g/mol. The molecule has 0 aromatic heterocycles. The molecule has 1 aliphatic rings. The molecule has 0 radical (unpaired) electrons. The second kappa shape index (κ2) is 9.42. The quantitative estimate of drug-likeness (QED) is 0.813. The molecule has 2 aromatic carbocycles. The number of benzene rings is 2. The van der Waals surface area contributed by atoms with Gasteiger partial charge in [-0.1, -0.05) is 30.3 Å². The molecule has 0 spiro atoms. The van der Waals surface area contributed by atoms with Crippen LogP contribution in [-0.4, -0.2) is 41.2 Å². The van der Waals surface area contributed by atoms with Crippen molar-refractivity contribution in [1.82, 2.24) is 4.90 Å². The Kier molecular flexibility index (Phi) is 6.71. The molecule has 1 N–H and O–H groups in total. The fourth-order valence-corrected chi connectivity index (χ4v) is 3.41. The van der Waals surface area contributed by atoms with Crippen LogP contribution in [0, 0.1) is 0 Å². The van der Waals surface area contributed by atoms with Crippen molar-refractivity contribution in [2.45, 2.75) is 44.9 Å². The lowest BCUT2D eigenvalue weighted by molar-refractivity contribution is -0.136. The largest absolute Gasteiger partial charge is 0.491 e. The van der Waals surface area contributed by atoms with Gasteiger partial charge in [0.2, 0.25) is 5.91 Å². The molecule has 2 atom stereocenters. The lowest BCUT2D eigenvalue weighted by Crippen LogP contribution is -2.50. The van der Waals surface area contributed by atoms with Crippen LogP contribution in [0.15, 0.2) is 54.6 Å². The first-order chi connectivity index (χ1) is 13.1. The third-order valence-electron chi connectivity index (χ3n) is 4.89. The molecule has 27 heavy (non-hydrogen) atoms. The van der Waals surface area contributed by atoms with Crippen LogP contribution in [-0.2, 0) is 11.4 Å². The monoisotopic (exact) mass is 369 g/mol. The van der Waals surface area contributed by atoms with Gasteiger partial charge in [0.05, 0.1) is 6.04 Å². The molecule has 3 rings (SSSR count). The lowest BCUT2D eigenvalue weighted by atomic mass is 9.97. The minimum atomic E-state index is -0.691. The number of carbonyl (C=O) groups is 1. The van der Waals surface area contributed by atoms with Crippen molar-refractivity contribution in [3.63, 3.8) is 0 Å². The molecule has 1 saturated heterocycles. The number of nitrogens with zero attached hydrogens (tertiary/aromatic N) is 1. The Balaban J connectivity index is 1.48. The molecule has 1 heterocycles. The van der Waals surface area contributed by atoms with Crippen molar-refractivity contribution in [1.29, 1.82) is 0 Å². The Morgan fingerprint density at radius 3 is 2.41 bits per heavy atom. The Morgan fingerprint density at radius 1 is 1.07 bits per heavy atom. The van der Waals surface area contributed by atoms with E-state index in [1.165, 1.54) is 0 Å². The molecule has 5 nitrogen and oxygen atoms in total. The van der Waals surface area contributed by atoms with Crippen LogP contribution in [0.2, 0.25) is 0 Å². The molecule has 1 amide bonds. The standard InChI is InChI=1S/C22H27NO4/c1-17(24)23-14-6-5-9-21(23)22(25)16-27-20-12-10-19(11-13-20)26-15-18-7-3-2-4-8-18/h2-4,7-8,10-13,21-22,25H,5-6,9,14-16H2,1H3/t21-,22-/m1/s1. The highest BCUT2D eigenvalue weighted by atomic mass is 16.5. The average Bonchev–Trinajstić information content (AvgIpc) is 2.72. The summed E-state index contributed by atoms with van der Waals surface area (Å²) in [4.78, 5) is 13.5. The number of piperidine rings is 1. The molecule has 5 heteroatoms. The number of hydrogen-bond acceptors (Lipinski definition) is 4. The number of amides is 1. The van der Waals surface area contributed by atoms with Gasteiger partial charge in [0, 0.05) is 13.5 Å². The Hall–Kier alpha value is -2.53. The second-order valence-electron chi connectivity index (χ2n) is 6.90. The number of carbonyl (C=O) groups excluding carboxylic acids is 1. The maximum absolute atomic E-state index is 11.7. The summed E-state index contributed by atoms with van der Waals surface area (Å²) in [7, 11) is 0. The zero-order chi connectivity index (χ0) is 19.1. The molecule has 0 aliphatic carbocycles. The highest BCUT2D eigenvalue weighted by Crippen LogP contribution is 2.22. The van der Waals surface area contributed by atoms with Gasteiger partial charge in [-0.25, -0.2) is 0 Å². The summed E-state index contributed by atoms with van der Waals surface area (Å²) in [5.74, 6) is 1.45. The van der Waals surface area contributed by atoms with Gasteiger partial charge in [-0.05, 0) is 49.1 Å². The number of likely N-dealkylation sites (tertiary alicyclic amines) is 1. The predicted molar refractivity (Wildman–Crippen MR) is 104 cm³/mol. The van der Waals surface area contributed by atoms with E-state index in [1.54, 1.807) is 11.8 Å². The number of ether oxygens (including phenoxy) is 2. The number of rotatable bonds is 7. The van der Waals surface area contributed by atoms with Crippen molar-refractivity contribution in [2.24, 2.45) is 0 Å². The van der Waals surface area contributed by atoms with Gasteiger partial charge in [0.25, 0.3) is 0 Å². The van der Waals surface area contributed by atoms with Crippen LogP contribution in [0.1, 0.15) is 31.7 Å². The van der Waals surface area contributed by atoms with Crippen molar-refractivity contribution in [2.75, 3.05) is 13.2 Å². The first-order valence-electron chi connectivity index (χ1n) is 9.48. The molecular formula is C22H27NO4. The van der Waals surface area contributed by atoms with Crippen LogP contribution >= 0.6 is 0 Å². The lowest BCUT2D eigenvalue weighted by Gasteiger charge is -2.37. The van der Waals surface area contributed by atoms with E-state index in [4.69, 9.17) is 9.47 Å². The topological polar surface area (TPSA) is 59.0 Å². The maximum atomic E-state index is 11.7. The normalized spacial score (nSPS) is 18.0. The van der Waals surface area contributed by atoms with E-state index in [9.17, 15) is 9.90 Å². The van der Waals surface area contributed by atoms with Crippen LogP contribution in [0.3, 0.4) is 0 Å². The van der Waals surface area contributed by atoms with E-state index in [2.05, 4.69) is 0 Å². The summed E-state index contributed by atoms with van der Waals surface area (Å²) in [6, 6.07) is 17.2. The van der Waals surface area contributed by atoms with Crippen LogP contribution < -0.4 is 9.47 Å². The van der Waals surface area contributed by atoms with Crippen LogP contribution in [0.5, 0.6) is 11.5 Å². The first kappa shape index (κ1) is 19.2. The zero-order valence-electron chi connectivity index (χ0n) is 15.7. The summed E-state index contributed by atoms with van der Waals surface area (Å²) in [5, 5.41) is 10.5. The second-order valence-corrected chi connectivity index (χ2v) is 6.90. The van der Waals surface area contributed by atoms with Crippen LogP contribution in [0.25, 0.3) is 0 Å². The minimum absolute atomic E-state index is 0.0127. The minimum Gasteiger partial charge on any atom is -0.491 e. The third kappa shape index (κ3) is 5.47. The number of aliphatic hydroxyl groups is 1. The van der Waals surface area contributed by atoms with E-state index >= 15 is 0 Å². The third-order valence-corrected chi connectivity index (χ3v) is 4.89. The predicted octanol–water partition coefficient (Wildman–Crippen LogP) is 3.41. The summed E-state index contributed by atoms with van der Waals surface area (Å²) in [6.07, 6.45) is 2.15. The number of hydrogen-bond donors (Lipinski definition) is 1. The highest BCUT2D eigenvalue weighted by Gasteiger charge is 2.30. The van der Waals surface area contributed by atoms with E-state index in [-0.39, 0.29) is 18.6 Å². The van der Waals surface area contributed by atoms with Crippen molar-refractivity contribution >= 4 is 5.91 Å². The van der Waals surface area contributed by atoms with Gasteiger partial charge in [0.15, 0.2) is 0 Å². The Bertz CT molecular complexity index is 717. The molecule has 0 bridgehead atoms.